The van der Waals surface area contributed by atoms with Gasteiger partial charge in [-0.1, -0.05) is 29.8 Å². The Morgan fingerprint density at radius 1 is 1.08 bits per heavy atom. The van der Waals surface area contributed by atoms with Crippen molar-refractivity contribution >= 4 is 5.91 Å². The molecule has 1 aliphatic rings. The minimum atomic E-state index is 0.00959. The Bertz CT molecular complexity index is 768. The zero-order valence-corrected chi connectivity index (χ0v) is 15.7. The van der Waals surface area contributed by atoms with Crippen molar-refractivity contribution in [2.24, 2.45) is 0 Å². The van der Waals surface area contributed by atoms with E-state index < -0.39 is 0 Å². The molecule has 3 rings (SSSR count). The molecular formula is C21H27N2O3+. The Morgan fingerprint density at radius 3 is 2.50 bits per heavy atom. The first kappa shape index (κ1) is 18.3. The smallest absolute Gasteiger partial charge is 0.258 e. The molecular weight excluding hydrogens is 328 g/mol. The van der Waals surface area contributed by atoms with E-state index in [4.69, 9.17) is 9.47 Å². The molecule has 1 heterocycles. The Labute approximate surface area is 155 Å². The van der Waals surface area contributed by atoms with E-state index in [1.807, 2.05) is 4.90 Å². The Morgan fingerprint density at radius 2 is 1.85 bits per heavy atom. The lowest BCUT2D eigenvalue weighted by molar-refractivity contribution is -0.917. The molecule has 0 saturated carbocycles. The molecule has 0 unspecified atom stereocenters. The van der Waals surface area contributed by atoms with Crippen molar-refractivity contribution in [3.8, 4) is 11.5 Å². The maximum Gasteiger partial charge on any atom is 0.258 e. The number of aryl methyl sites for hydroxylation is 1. The number of hydrogen-bond acceptors (Lipinski definition) is 3. The normalized spacial score (nSPS) is 15.0. The van der Waals surface area contributed by atoms with Crippen molar-refractivity contribution in [1.29, 1.82) is 0 Å². The van der Waals surface area contributed by atoms with E-state index in [-0.39, 0.29) is 5.91 Å². The fraction of sp³-hybridized carbons (Fsp3) is 0.381. The monoisotopic (exact) mass is 355 g/mol. The van der Waals surface area contributed by atoms with Gasteiger partial charge < -0.3 is 19.3 Å². The third-order valence-corrected chi connectivity index (χ3v) is 4.93. The van der Waals surface area contributed by atoms with E-state index in [1.165, 1.54) is 16.0 Å². The van der Waals surface area contributed by atoms with Crippen LogP contribution in [0.5, 0.6) is 11.5 Å². The highest BCUT2D eigenvalue weighted by Crippen LogP contribution is 2.25. The third-order valence-electron chi connectivity index (χ3n) is 4.93. The number of carbonyl (C=O) groups excluding carboxylic acids is 1. The van der Waals surface area contributed by atoms with Crippen molar-refractivity contribution in [1.82, 2.24) is 4.90 Å². The lowest BCUT2D eigenvalue weighted by atomic mass is 10.1. The fourth-order valence-electron chi connectivity index (χ4n) is 3.47. The average molecular weight is 355 g/mol. The number of ether oxygens (including phenoxy) is 2. The molecule has 0 bridgehead atoms. The highest BCUT2D eigenvalue weighted by molar-refractivity contribution is 5.97. The molecule has 0 spiro atoms. The van der Waals surface area contributed by atoms with Crippen molar-refractivity contribution in [3.63, 3.8) is 0 Å². The fourth-order valence-corrected chi connectivity index (χ4v) is 3.47. The van der Waals surface area contributed by atoms with Crippen LogP contribution in [0.25, 0.3) is 0 Å². The molecule has 0 radical (unpaired) electrons. The molecule has 1 aliphatic heterocycles. The molecule has 0 aromatic heterocycles. The molecule has 0 aliphatic carbocycles. The number of hydrogen-bond donors (Lipinski definition) is 1. The van der Waals surface area contributed by atoms with Crippen LogP contribution >= 0.6 is 0 Å². The van der Waals surface area contributed by atoms with Gasteiger partial charge in [0.25, 0.3) is 5.91 Å². The molecule has 26 heavy (non-hydrogen) atoms. The molecule has 138 valence electrons. The number of methoxy groups -OCH3 is 2. The number of nitrogens with zero attached hydrogens (tertiary/aromatic N) is 1. The van der Waals surface area contributed by atoms with E-state index >= 15 is 0 Å². The van der Waals surface area contributed by atoms with Crippen LogP contribution < -0.4 is 14.4 Å². The minimum Gasteiger partial charge on any atom is -0.497 e. The van der Waals surface area contributed by atoms with Crippen molar-refractivity contribution in [2.45, 2.75) is 13.5 Å². The van der Waals surface area contributed by atoms with Gasteiger partial charge in [0.2, 0.25) is 0 Å². The standard InChI is InChI=1S/C21H26N2O3/c1-16-5-4-6-17(13-16)15-22-9-11-23(12-10-22)21(24)19-14-18(25-2)7-8-20(19)26-3/h4-8,13-14H,9-12,15H2,1-3H3/p+1. The zero-order valence-electron chi connectivity index (χ0n) is 15.7. The second-order valence-corrected chi connectivity index (χ2v) is 6.77. The van der Waals surface area contributed by atoms with Crippen LogP contribution in [0.2, 0.25) is 0 Å². The minimum absolute atomic E-state index is 0.00959. The van der Waals surface area contributed by atoms with Gasteiger partial charge in [0, 0.05) is 5.56 Å². The van der Waals surface area contributed by atoms with Gasteiger partial charge in [-0.15, -0.1) is 0 Å². The second-order valence-electron chi connectivity index (χ2n) is 6.77. The summed E-state index contributed by atoms with van der Waals surface area (Å²) in [5.74, 6) is 1.26. The van der Waals surface area contributed by atoms with Gasteiger partial charge in [-0.3, -0.25) is 4.79 Å². The molecule has 0 atom stereocenters. The van der Waals surface area contributed by atoms with E-state index in [1.54, 1.807) is 32.4 Å². The van der Waals surface area contributed by atoms with Crippen LogP contribution in [-0.2, 0) is 6.54 Å². The Hall–Kier alpha value is -2.53. The van der Waals surface area contributed by atoms with Gasteiger partial charge in [0.15, 0.2) is 0 Å². The molecule has 5 nitrogen and oxygen atoms in total. The number of benzene rings is 2. The van der Waals surface area contributed by atoms with Gasteiger partial charge in [-0.2, -0.15) is 0 Å². The van der Waals surface area contributed by atoms with Crippen LogP contribution in [0.1, 0.15) is 21.5 Å². The second kappa shape index (κ2) is 8.23. The summed E-state index contributed by atoms with van der Waals surface area (Å²) < 4.78 is 10.6. The molecule has 1 amide bonds. The van der Waals surface area contributed by atoms with Crippen molar-refractivity contribution < 1.29 is 19.2 Å². The lowest BCUT2D eigenvalue weighted by Crippen LogP contribution is -3.13. The summed E-state index contributed by atoms with van der Waals surface area (Å²) >= 11 is 0. The summed E-state index contributed by atoms with van der Waals surface area (Å²) in [6, 6.07) is 14.0. The zero-order chi connectivity index (χ0) is 18.5. The first-order valence-corrected chi connectivity index (χ1v) is 9.01. The van der Waals surface area contributed by atoms with E-state index in [0.717, 1.165) is 32.7 Å². The van der Waals surface area contributed by atoms with Crippen LogP contribution in [0.3, 0.4) is 0 Å². The third kappa shape index (κ3) is 4.17. The highest BCUT2D eigenvalue weighted by Gasteiger charge is 2.26. The number of piperazine rings is 1. The maximum atomic E-state index is 12.9. The van der Waals surface area contributed by atoms with Gasteiger partial charge in [-0.25, -0.2) is 0 Å². The lowest BCUT2D eigenvalue weighted by Gasteiger charge is -2.32. The van der Waals surface area contributed by atoms with Gasteiger partial charge in [0.1, 0.15) is 18.0 Å². The number of amides is 1. The van der Waals surface area contributed by atoms with Crippen molar-refractivity contribution in [2.75, 3.05) is 40.4 Å². The summed E-state index contributed by atoms with van der Waals surface area (Å²) in [6.45, 7) is 6.53. The quantitative estimate of drug-likeness (QED) is 0.885. The van der Waals surface area contributed by atoms with E-state index in [9.17, 15) is 4.79 Å². The summed E-state index contributed by atoms with van der Waals surface area (Å²) in [6.07, 6.45) is 0. The number of quaternary nitrogens is 1. The van der Waals surface area contributed by atoms with Crippen LogP contribution in [0.4, 0.5) is 0 Å². The molecule has 5 heteroatoms. The Balaban J connectivity index is 1.63. The van der Waals surface area contributed by atoms with E-state index in [2.05, 4.69) is 31.2 Å². The number of rotatable bonds is 5. The first-order valence-electron chi connectivity index (χ1n) is 9.01. The van der Waals surface area contributed by atoms with Crippen LogP contribution in [0, 0.1) is 6.92 Å². The van der Waals surface area contributed by atoms with Crippen molar-refractivity contribution in [3.05, 3.63) is 59.2 Å². The molecule has 1 N–H and O–H groups in total. The molecule has 2 aromatic rings. The molecule has 1 fully saturated rings. The average Bonchev–Trinajstić information content (AvgIpc) is 2.67. The molecule has 1 saturated heterocycles. The molecule has 2 aromatic carbocycles. The van der Waals surface area contributed by atoms with E-state index in [0.29, 0.717) is 17.1 Å². The predicted octanol–water partition coefficient (Wildman–Crippen LogP) is 1.55. The van der Waals surface area contributed by atoms with Gasteiger partial charge >= 0.3 is 0 Å². The number of carbonyl (C=O) groups is 1. The van der Waals surface area contributed by atoms with Crippen LogP contribution in [-0.4, -0.2) is 51.2 Å². The summed E-state index contributed by atoms with van der Waals surface area (Å²) in [7, 11) is 3.19. The summed E-state index contributed by atoms with van der Waals surface area (Å²) in [5, 5.41) is 0. The SMILES string of the molecule is COc1ccc(OC)c(C(=O)N2CC[NH+](Cc3cccc(C)c3)CC2)c1. The maximum absolute atomic E-state index is 12.9. The number of nitrogens with one attached hydrogen (secondary N) is 1. The van der Waals surface area contributed by atoms with Gasteiger partial charge in [0.05, 0.1) is 46.0 Å². The van der Waals surface area contributed by atoms with Gasteiger partial charge in [-0.05, 0) is 25.1 Å². The predicted molar refractivity (Wildman–Crippen MR) is 101 cm³/mol. The Kier molecular flexibility index (Phi) is 5.78. The van der Waals surface area contributed by atoms with Crippen LogP contribution in [0.15, 0.2) is 42.5 Å². The summed E-state index contributed by atoms with van der Waals surface area (Å²) in [5.41, 5.74) is 3.21. The topological polar surface area (TPSA) is 43.2 Å². The first-order chi connectivity index (χ1) is 12.6. The largest absolute Gasteiger partial charge is 0.497 e. The highest BCUT2D eigenvalue weighted by atomic mass is 16.5. The summed E-state index contributed by atoms with van der Waals surface area (Å²) in [4.78, 5) is 16.4.